The summed E-state index contributed by atoms with van der Waals surface area (Å²) in [5.41, 5.74) is 4.28. The molecule has 3 heteroatoms. The highest BCUT2D eigenvalue weighted by Gasteiger charge is 2.06. The maximum absolute atomic E-state index is 4.47. The Labute approximate surface area is 99.5 Å². The van der Waals surface area contributed by atoms with Crippen LogP contribution < -0.4 is 5.32 Å². The van der Waals surface area contributed by atoms with Gasteiger partial charge in [-0.15, -0.1) is 0 Å². The quantitative estimate of drug-likeness (QED) is 0.700. The van der Waals surface area contributed by atoms with Gasteiger partial charge in [0.25, 0.3) is 0 Å². The van der Waals surface area contributed by atoms with Crippen LogP contribution >= 0.6 is 0 Å². The number of hydrogen-bond donors (Lipinski definition) is 2. The number of fused-ring (bicyclic) bond motifs is 1. The van der Waals surface area contributed by atoms with Crippen molar-refractivity contribution in [3.05, 3.63) is 48.8 Å². The van der Waals surface area contributed by atoms with Gasteiger partial charge < -0.3 is 10.3 Å². The monoisotopic (exact) mass is 223 g/mol. The minimum Gasteiger partial charge on any atom is -0.388 e. The summed E-state index contributed by atoms with van der Waals surface area (Å²) < 4.78 is 0. The van der Waals surface area contributed by atoms with Crippen molar-refractivity contribution in [2.75, 3.05) is 12.4 Å². The van der Waals surface area contributed by atoms with Gasteiger partial charge in [-0.1, -0.05) is 12.1 Å². The number of hydrogen-bond acceptors (Lipinski definition) is 2. The van der Waals surface area contributed by atoms with Crippen LogP contribution in [0.5, 0.6) is 0 Å². The number of anilines is 1. The van der Waals surface area contributed by atoms with Gasteiger partial charge in [0, 0.05) is 36.1 Å². The first kappa shape index (κ1) is 9.90. The van der Waals surface area contributed by atoms with Gasteiger partial charge in [0.2, 0.25) is 0 Å². The summed E-state index contributed by atoms with van der Waals surface area (Å²) in [5.74, 6) is 0. The molecule has 0 aliphatic heterocycles. The molecule has 0 aliphatic carbocycles. The molecule has 3 nitrogen and oxygen atoms in total. The highest BCUT2D eigenvalue weighted by atomic mass is 14.8. The lowest BCUT2D eigenvalue weighted by atomic mass is 10.1. The molecule has 3 aromatic rings. The van der Waals surface area contributed by atoms with E-state index in [1.807, 2.05) is 37.6 Å². The molecule has 0 fully saturated rings. The van der Waals surface area contributed by atoms with E-state index in [9.17, 15) is 0 Å². The average Bonchev–Trinajstić information content (AvgIpc) is 2.87. The second-order valence-electron chi connectivity index (χ2n) is 3.93. The molecule has 0 bridgehead atoms. The van der Waals surface area contributed by atoms with Crippen molar-refractivity contribution in [2.45, 2.75) is 0 Å². The zero-order chi connectivity index (χ0) is 11.7. The molecule has 0 unspecified atom stereocenters. The third-order valence-electron chi connectivity index (χ3n) is 2.90. The SMILES string of the molecule is CNc1cccc(-c2nccc3cc[nH]c23)c1. The molecule has 0 radical (unpaired) electrons. The highest BCUT2D eigenvalue weighted by molar-refractivity contribution is 5.92. The van der Waals surface area contributed by atoms with Gasteiger partial charge in [0.1, 0.15) is 0 Å². The number of benzene rings is 1. The van der Waals surface area contributed by atoms with E-state index in [-0.39, 0.29) is 0 Å². The minimum atomic E-state index is 0.990. The molecule has 2 N–H and O–H groups in total. The summed E-state index contributed by atoms with van der Waals surface area (Å²) in [6.45, 7) is 0. The smallest absolute Gasteiger partial charge is 0.0943 e. The van der Waals surface area contributed by atoms with Crippen LogP contribution in [0.15, 0.2) is 48.8 Å². The first-order valence-corrected chi connectivity index (χ1v) is 5.59. The molecular formula is C14H13N3. The fourth-order valence-corrected chi connectivity index (χ4v) is 2.02. The van der Waals surface area contributed by atoms with Gasteiger partial charge in [-0.05, 0) is 24.3 Å². The lowest BCUT2D eigenvalue weighted by molar-refractivity contribution is 1.33. The number of aromatic amines is 1. The molecule has 0 aliphatic rings. The third-order valence-corrected chi connectivity index (χ3v) is 2.90. The maximum Gasteiger partial charge on any atom is 0.0943 e. The van der Waals surface area contributed by atoms with E-state index < -0.39 is 0 Å². The van der Waals surface area contributed by atoms with E-state index in [1.165, 1.54) is 5.39 Å². The minimum absolute atomic E-state index is 0.990. The largest absolute Gasteiger partial charge is 0.388 e. The van der Waals surface area contributed by atoms with E-state index >= 15 is 0 Å². The molecule has 0 atom stereocenters. The van der Waals surface area contributed by atoms with Crippen molar-refractivity contribution in [3.63, 3.8) is 0 Å². The van der Waals surface area contributed by atoms with Crippen molar-refractivity contribution in [1.82, 2.24) is 9.97 Å². The number of pyridine rings is 1. The summed E-state index contributed by atoms with van der Waals surface area (Å²) in [6.07, 6.45) is 3.79. The number of nitrogens with zero attached hydrogens (tertiary/aromatic N) is 1. The van der Waals surface area contributed by atoms with Crippen LogP contribution in [0.2, 0.25) is 0 Å². The second-order valence-corrected chi connectivity index (χ2v) is 3.93. The fraction of sp³-hybridized carbons (Fsp3) is 0.0714. The van der Waals surface area contributed by atoms with Gasteiger partial charge in [-0.2, -0.15) is 0 Å². The second kappa shape index (κ2) is 3.94. The molecule has 0 amide bonds. The van der Waals surface area contributed by atoms with Crippen molar-refractivity contribution in [2.24, 2.45) is 0 Å². The van der Waals surface area contributed by atoms with Crippen LogP contribution in [-0.4, -0.2) is 17.0 Å². The van der Waals surface area contributed by atoms with E-state index in [2.05, 4.69) is 33.5 Å². The Hall–Kier alpha value is -2.29. The lowest BCUT2D eigenvalue weighted by Crippen LogP contribution is -1.89. The van der Waals surface area contributed by atoms with Crippen LogP contribution in [0.1, 0.15) is 0 Å². The molecule has 17 heavy (non-hydrogen) atoms. The predicted octanol–water partition coefficient (Wildman–Crippen LogP) is 3.27. The third kappa shape index (κ3) is 1.65. The van der Waals surface area contributed by atoms with Gasteiger partial charge in [-0.3, -0.25) is 4.98 Å². The summed E-state index contributed by atoms with van der Waals surface area (Å²) in [4.78, 5) is 7.71. The number of H-pyrrole nitrogens is 1. The van der Waals surface area contributed by atoms with Crippen LogP contribution in [0.3, 0.4) is 0 Å². The molecule has 84 valence electrons. The van der Waals surface area contributed by atoms with E-state index in [1.54, 1.807) is 0 Å². The number of nitrogens with one attached hydrogen (secondary N) is 2. The number of aromatic nitrogens is 2. The molecule has 0 saturated heterocycles. The van der Waals surface area contributed by atoms with E-state index in [0.717, 1.165) is 22.5 Å². The standard InChI is InChI=1S/C14H13N3/c1-15-12-4-2-3-11(9-12)14-13-10(5-7-16-13)6-8-17-14/h2-9,15-16H,1H3. The average molecular weight is 223 g/mol. The normalized spacial score (nSPS) is 10.6. The highest BCUT2D eigenvalue weighted by Crippen LogP contribution is 2.26. The summed E-state index contributed by atoms with van der Waals surface area (Å²) >= 11 is 0. The first-order chi connectivity index (χ1) is 8.38. The Kier molecular flexibility index (Phi) is 2.29. The predicted molar refractivity (Wildman–Crippen MR) is 71.1 cm³/mol. The molecule has 2 aromatic heterocycles. The molecule has 0 saturated carbocycles. The molecule has 3 rings (SSSR count). The van der Waals surface area contributed by atoms with Gasteiger partial charge in [-0.25, -0.2) is 0 Å². The maximum atomic E-state index is 4.47. The summed E-state index contributed by atoms with van der Waals surface area (Å²) in [7, 11) is 1.92. The summed E-state index contributed by atoms with van der Waals surface area (Å²) in [5, 5.41) is 4.33. The van der Waals surface area contributed by atoms with Crippen LogP contribution in [0.4, 0.5) is 5.69 Å². The van der Waals surface area contributed by atoms with Crippen molar-refractivity contribution >= 4 is 16.6 Å². The Morgan fingerprint density at radius 3 is 3.00 bits per heavy atom. The van der Waals surface area contributed by atoms with Crippen molar-refractivity contribution < 1.29 is 0 Å². The van der Waals surface area contributed by atoms with Gasteiger partial charge in [0.05, 0.1) is 11.2 Å². The van der Waals surface area contributed by atoms with Gasteiger partial charge >= 0.3 is 0 Å². The lowest BCUT2D eigenvalue weighted by Gasteiger charge is -2.05. The van der Waals surface area contributed by atoms with Crippen LogP contribution in [0, 0.1) is 0 Å². The summed E-state index contributed by atoms with van der Waals surface area (Å²) in [6, 6.07) is 12.3. The molecule has 1 aromatic carbocycles. The Morgan fingerprint density at radius 1 is 1.18 bits per heavy atom. The van der Waals surface area contributed by atoms with Crippen LogP contribution in [-0.2, 0) is 0 Å². The van der Waals surface area contributed by atoms with Gasteiger partial charge in [0.15, 0.2) is 0 Å². The van der Waals surface area contributed by atoms with Crippen LogP contribution in [0.25, 0.3) is 22.2 Å². The van der Waals surface area contributed by atoms with Crippen molar-refractivity contribution in [3.8, 4) is 11.3 Å². The Morgan fingerprint density at radius 2 is 2.12 bits per heavy atom. The topological polar surface area (TPSA) is 40.7 Å². The Bertz CT molecular complexity index is 655. The molecular weight excluding hydrogens is 210 g/mol. The Balaban J connectivity index is 2.23. The van der Waals surface area contributed by atoms with Crippen molar-refractivity contribution in [1.29, 1.82) is 0 Å². The molecule has 0 spiro atoms. The molecule has 2 heterocycles. The fourth-order valence-electron chi connectivity index (χ4n) is 2.02. The first-order valence-electron chi connectivity index (χ1n) is 5.59. The van der Waals surface area contributed by atoms with E-state index in [0.29, 0.717) is 0 Å². The number of rotatable bonds is 2. The zero-order valence-electron chi connectivity index (χ0n) is 9.57. The van der Waals surface area contributed by atoms with E-state index in [4.69, 9.17) is 0 Å². The zero-order valence-corrected chi connectivity index (χ0v) is 9.57.